The number of rotatable bonds is 7. The number of aromatic nitrogens is 4. The standard InChI is InChI=1S/C20H19F3N8O3S/c1-31(35(2,33)34)18-15(24-6-7-25-18)10-26-17-12(20(21,22)23)9-27-19(30-17)29-14-5-3-4-13-11(14)8-16(32)28-13/h3-7,9H,8,10H2,1-2H3,(H,28,32)(H2,26,27,29,30). The van der Waals surface area contributed by atoms with E-state index >= 15 is 0 Å². The summed E-state index contributed by atoms with van der Waals surface area (Å²) in [4.78, 5) is 27.5. The van der Waals surface area contributed by atoms with Gasteiger partial charge in [-0.3, -0.25) is 14.1 Å². The molecule has 1 amide bonds. The van der Waals surface area contributed by atoms with E-state index in [0.717, 1.165) is 10.6 Å². The number of sulfonamides is 1. The van der Waals surface area contributed by atoms with Crippen LogP contribution in [0.4, 0.5) is 42.1 Å². The first-order valence-corrected chi connectivity index (χ1v) is 11.9. The monoisotopic (exact) mass is 508 g/mol. The smallest absolute Gasteiger partial charge is 0.364 e. The number of fused-ring (bicyclic) bond motifs is 1. The lowest BCUT2D eigenvalue weighted by Crippen LogP contribution is -2.27. The van der Waals surface area contributed by atoms with Crippen molar-refractivity contribution in [2.75, 3.05) is 33.6 Å². The third kappa shape index (κ3) is 5.24. The number of nitrogens with zero attached hydrogens (tertiary/aromatic N) is 5. The molecule has 1 aromatic carbocycles. The molecule has 4 rings (SSSR count). The Morgan fingerprint density at radius 2 is 1.91 bits per heavy atom. The van der Waals surface area contributed by atoms with E-state index in [1.165, 1.54) is 19.4 Å². The van der Waals surface area contributed by atoms with E-state index in [9.17, 15) is 26.4 Å². The van der Waals surface area contributed by atoms with Gasteiger partial charge in [0.1, 0.15) is 17.1 Å². The molecule has 3 aromatic rings. The second-order valence-corrected chi connectivity index (χ2v) is 9.56. The lowest BCUT2D eigenvalue weighted by Gasteiger charge is -2.19. The highest BCUT2D eigenvalue weighted by molar-refractivity contribution is 7.92. The summed E-state index contributed by atoms with van der Waals surface area (Å²) in [6.45, 7) is -0.304. The molecule has 0 bridgehead atoms. The van der Waals surface area contributed by atoms with Crippen LogP contribution in [0.1, 0.15) is 16.8 Å². The normalized spacial score (nSPS) is 13.2. The number of carbonyl (C=O) groups is 1. The second-order valence-electron chi connectivity index (χ2n) is 7.55. The van der Waals surface area contributed by atoms with Gasteiger partial charge in [0.15, 0.2) is 5.82 Å². The van der Waals surface area contributed by atoms with E-state index in [4.69, 9.17) is 0 Å². The van der Waals surface area contributed by atoms with E-state index in [1.807, 2.05) is 0 Å². The number of carbonyl (C=O) groups excluding carboxylic acids is 1. The Balaban J connectivity index is 1.64. The van der Waals surface area contributed by atoms with Crippen molar-refractivity contribution in [2.45, 2.75) is 19.1 Å². The third-order valence-electron chi connectivity index (χ3n) is 5.10. The molecule has 0 fully saturated rings. The minimum absolute atomic E-state index is 0.0412. The summed E-state index contributed by atoms with van der Waals surface area (Å²) < 4.78 is 65.5. The van der Waals surface area contributed by atoms with Gasteiger partial charge < -0.3 is 16.0 Å². The molecule has 15 heteroatoms. The van der Waals surface area contributed by atoms with Crippen molar-refractivity contribution < 1.29 is 26.4 Å². The van der Waals surface area contributed by atoms with Crippen molar-refractivity contribution in [3.8, 4) is 0 Å². The van der Waals surface area contributed by atoms with Crippen LogP contribution in [0.15, 0.2) is 36.8 Å². The average molecular weight is 508 g/mol. The number of alkyl halides is 3. The van der Waals surface area contributed by atoms with Gasteiger partial charge in [0, 0.05) is 42.6 Å². The van der Waals surface area contributed by atoms with Crippen LogP contribution in [0.2, 0.25) is 0 Å². The molecule has 184 valence electrons. The van der Waals surface area contributed by atoms with Crippen molar-refractivity contribution in [2.24, 2.45) is 0 Å². The molecule has 2 aromatic heterocycles. The first kappa shape index (κ1) is 24.1. The minimum atomic E-state index is -4.76. The van der Waals surface area contributed by atoms with Crippen LogP contribution in [0, 0.1) is 0 Å². The molecule has 3 N–H and O–H groups in total. The number of anilines is 5. The summed E-state index contributed by atoms with van der Waals surface area (Å²) in [6, 6.07) is 5.03. The van der Waals surface area contributed by atoms with E-state index in [2.05, 4.69) is 35.9 Å². The molecule has 0 aliphatic carbocycles. The van der Waals surface area contributed by atoms with Gasteiger partial charge in [0.25, 0.3) is 0 Å². The van der Waals surface area contributed by atoms with Gasteiger partial charge in [-0.2, -0.15) is 18.2 Å². The van der Waals surface area contributed by atoms with E-state index in [0.29, 0.717) is 23.1 Å². The Kier molecular flexibility index (Phi) is 6.19. The minimum Gasteiger partial charge on any atom is -0.364 e. The average Bonchev–Trinajstić information content (AvgIpc) is 3.17. The van der Waals surface area contributed by atoms with Crippen molar-refractivity contribution in [1.29, 1.82) is 0 Å². The maximum absolute atomic E-state index is 13.6. The molecule has 0 spiro atoms. The zero-order chi connectivity index (χ0) is 25.4. The van der Waals surface area contributed by atoms with Crippen molar-refractivity contribution in [3.63, 3.8) is 0 Å². The van der Waals surface area contributed by atoms with Crippen LogP contribution in [0.25, 0.3) is 0 Å². The third-order valence-corrected chi connectivity index (χ3v) is 6.27. The highest BCUT2D eigenvalue weighted by atomic mass is 32.2. The van der Waals surface area contributed by atoms with E-state index in [1.54, 1.807) is 18.2 Å². The molecule has 3 heterocycles. The zero-order valence-electron chi connectivity index (χ0n) is 18.4. The van der Waals surface area contributed by atoms with Crippen LogP contribution in [-0.4, -0.2) is 47.6 Å². The molecule has 0 saturated carbocycles. The molecule has 1 aliphatic rings. The first-order chi connectivity index (χ1) is 16.4. The second kappa shape index (κ2) is 8.98. The summed E-state index contributed by atoms with van der Waals surface area (Å²) in [7, 11) is -2.43. The van der Waals surface area contributed by atoms with Crippen LogP contribution in [-0.2, 0) is 34.0 Å². The highest BCUT2D eigenvalue weighted by Crippen LogP contribution is 2.35. The molecule has 0 radical (unpaired) electrons. The molecular weight excluding hydrogens is 489 g/mol. The Morgan fingerprint density at radius 3 is 2.63 bits per heavy atom. The largest absolute Gasteiger partial charge is 0.421 e. The fourth-order valence-corrected chi connectivity index (χ4v) is 3.81. The van der Waals surface area contributed by atoms with Crippen molar-refractivity contribution in [3.05, 3.63) is 53.6 Å². The first-order valence-electron chi connectivity index (χ1n) is 10.0. The number of hydrogen-bond donors (Lipinski definition) is 3. The summed E-state index contributed by atoms with van der Waals surface area (Å²) >= 11 is 0. The van der Waals surface area contributed by atoms with Crippen molar-refractivity contribution in [1.82, 2.24) is 19.9 Å². The molecule has 1 aliphatic heterocycles. The van der Waals surface area contributed by atoms with Gasteiger partial charge >= 0.3 is 6.18 Å². The van der Waals surface area contributed by atoms with E-state index in [-0.39, 0.29) is 36.3 Å². The highest BCUT2D eigenvalue weighted by Gasteiger charge is 2.35. The van der Waals surface area contributed by atoms with Crippen LogP contribution in [0.3, 0.4) is 0 Å². The predicted molar refractivity (Wildman–Crippen MR) is 122 cm³/mol. The number of benzene rings is 1. The molecule has 0 atom stereocenters. The fraction of sp³-hybridized carbons (Fsp3) is 0.250. The maximum atomic E-state index is 13.6. The van der Waals surface area contributed by atoms with Gasteiger partial charge in [-0.05, 0) is 12.1 Å². The lowest BCUT2D eigenvalue weighted by atomic mass is 10.1. The van der Waals surface area contributed by atoms with Gasteiger partial charge in [0.2, 0.25) is 21.9 Å². The summed E-state index contributed by atoms with van der Waals surface area (Å²) in [5.74, 6) is -0.930. The number of nitrogens with one attached hydrogen (secondary N) is 3. The Morgan fingerprint density at radius 1 is 1.17 bits per heavy atom. The quantitative estimate of drug-likeness (QED) is 0.439. The van der Waals surface area contributed by atoms with Crippen LogP contribution < -0.4 is 20.3 Å². The molecule has 0 saturated heterocycles. The lowest BCUT2D eigenvalue weighted by molar-refractivity contribution is -0.137. The van der Waals surface area contributed by atoms with Gasteiger partial charge in [0.05, 0.1) is 19.2 Å². The van der Waals surface area contributed by atoms with Gasteiger partial charge in [-0.1, -0.05) is 6.07 Å². The number of halogens is 3. The SMILES string of the molecule is CN(c1nccnc1CNc1nc(Nc2cccc3c2CC(=O)N3)ncc1C(F)(F)F)S(C)(=O)=O. The molecule has 11 nitrogen and oxygen atoms in total. The Labute approximate surface area is 197 Å². The summed E-state index contributed by atoms with van der Waals surface area (Å²) in [5, 5.41) is 8.11. The summed E-state index contributed by atoms with van der Waals surface area (Å²) in [6.07, 6.45) is -0.504. The summed E-state index contributed by atoms with van der Waals surface area (Å²) in [5.41, 5.74) is 0.670. The zero-order valence-corrected chi connectivity index (χ0v) is 19.2. The Hall–Kier alpha value is -4.01. The van der Waals surface area contributed by atoms with Crippen LogP contribution >= 0.6 is 0 Å². The van der Waals surface area contributed by atoms with Crippen LogP contribution in [0.5, 0.6) is 0 Å². The topological polar surface area (TPSA) is 142 Å². The van der Waals surface area contributed by atoms with Crippen molar-refractivity contribution >= 4 is 44.9 Å². The predicted octanol–water partition coefficient (Wildman–Crippen LogP) is 2.53. The Bertz CT molecular complexity index is 1400. The maximum Gasteiger partial charge on any atom is 0.421 e. The molecule has 0 unspecified atom stereocenters. The molecule has 35 heavy (non-hydrogen) atoms. The van der Waals surface area contributed by atoms with Gasteiger partial charge in [-0.15, -0.1) is 0 Å². The van der Waals surface area contributed by atoms with Gasteiger partial charge in [-0.25, -0.2) is 18.4 Å². The van der Waals surface area contributed by atoms with E-state index < -0.39 is 27.6 Å². The number of hydrogen-bond acceptors (Lipinski definition) is 9. The molecular formula is C20H19F3N8O3S. The number of amides is 1. The fourth-order valence-electron chi connectivity index (χ4n) is 3.34.